The van der Waals surface area contributed by atoms with Gasteiger partial charge in [0.1, 0.15) is 0 Å². The second-order valence-corrected chi connectivity index (χ2v) is 2.53. The van der Waals surface area contributed by atoms with Crippen LogP contribution in [0.2, 0.25) is 0 Å². The summed E-state index contributed by atoms with van der Waals surface area (Å²) in [5, 5.41) is 3.10. The monoisotopic (exact) mass is 167 g/mol. The molecular formula is C8H13N3O. The Bertz CT molecular complexity index is 210. The molecule has 0 bridgehead atoms. The SMILES string of the molecule is CCN(C=O)CNCC1=NC=C1. The number of rotatable bonds is 6. The smallest absolute Gasteiger partial charge is 0.210 e. The predicted molar refractivity (Wildman–Crippen MR) is 47.9 cm³/mol. The molecule has 0 aromatic heterocycles. The topological polar surface area (TPSA) is 44.7 Å². The van der Waals surface area contributed by atoms with Crippen LogP contribution in [0.25, 0.3) is 0 Å². The zero-order valence-electron chi connectivity index (χ0n) is 7.16. The number of carbonyl (C=O) groups is 1. The van der Waals surface area contributed by atoms with E-state index >= 15 is 0 Å². The Kier molecular flexibility index (Phi) is 3.47. The average Bonchev–Trinajstić information content (AvgIpc) is 2.02. The highest BCUT2D eigenvalue weighted by Gasteiger charge is 2.00. The maximum Gasteiger partial charge on any atom is 0.210 e. The molecular weight excluding hydrogens is 154 g/mol. The fraction of sp³-hybridized carbons (Fsp3) is 0.500. The van der Waals surface area contributed by atoms with Crippen molar-refractivity contribution in [2.45, 2.75) is 6.92 Å². The van der Waals surface area contributed by atoms with Gasteiger partial charge in [0.2, 0.25) is 6.41 Å². The van der Waals surface area contributed by atoms with Gasteiger partial charge in [-0.25, -0.2) is 0 Å². The van der Waals surface area contributed by atoms with E-state index in [1.165, 1.54) is 0 Å². The van der Waals surface area contributed by atoms with Crippen LogP contribution in [0.1, 0.15) is 6.92 Å². The molecule has 1 heterocycles. The van der Waals surface area contributed by atoms with E-state index < -0.39 is 0 Å². The van der Waals surface area contributed by atoms with Crippen LogP contribution >= 0.6 is 0 Å². The highest BCUT2D eigenvalue weighted by molar-refractivity contribution is 6.00. The van der Waals surface area contributed by atoms with E-state index in [9.17, 15) is 4.79 Å². The molecule has 66 valence electrons. The molecule has 0 saturated heterocycles. The van der Waals surface area contributed by atoms with Crippen molar-refractivity contribution in [2.24, 2.45) is 4.99 Å². The van der Waals surface area contributed by atoms with Crippen LogP contribution in [-0.4, -0.2) is 36.8 Å². The molecule has 0 saturated carbocycles. The zero-order chi connectivity index (χ0) is 8.81. The summed E-state index contributed by atoms with van der Waals surface area (Å²) in [6, 6.07) is 0. The highest BCUT2D eigenvalue weighted by Crippen LogP contribution is 1.93. The Labute approximate surface area is 72.0 Å². The van der Waals surface area contributed by atoms with E-state index in [1.54, 1.807) is 11.1 Å². The number of carbonyl (C=O) groups excluding carboxylic acids is 1. The van der Waals surface area contributed by atoms with Crippen molar-refractivity contribution in [3.63, 3.8) is 0 Å². The van der Waals surface area contributed by atoms with Crippen LogP contribution in [0.4, 0.5) is 0 Å². The van der Waals surface area contributed by atoms with Crippen LogP contribution in [0, 0.1) is 0 Å². The van der Waals surface area contributed by atoms with Crippen molar-refractivity contribution < 1.29 is 4.79 Å². The molecule has 0 unspecified atom stereocenters. The third-order valence-electron chi connectivity index (χ3n) is 1.68. The predicted octanol–water partition coefficient (Wildman–Crippen LogP) is -0.0199. The van der Waals surface area contributed by atoms with Gasteiger partial charge in [-0.3, -0.25) is 15.1 Å². The Balaban J connectivity index is 2.04. The summed E-state index contributed by atoms with van der Waals surface area (Å²) >= 11 is 0. The van der Waals surface area contributed by atoms with Gasteiger partial charge in [0.25, 0.3) is 0 Å². The standard InChI is InChI=1S/C8H13N3O/c1-2-11(7-12)6-9-5-8-3-4-10-8/h3-4,7,9H,2,5-6H2,1H3. The average molecular weight is 167 g/mol. The fourth-order valence-electron chi connectivity index (χ4n) is 0.836. The third-order valence-corrected chi connectivity index (χ3v) is 1.68. The lowest BCUT2D eigenvalue weighted by molar-refractivity contribution is -0.118. The molecule has 0 aliphatic carbocycles. The lowest BCUT2D eigenvalue weighted by atomic mass is 10.3. The number of nitrogens with zero attached hydrogens (tertiary/aromatic N) is 2. The number of hydrogen-bond donors (Lipinski definition) is 1. The first-order chi connectivity index (χ1) is 5.86. The van der Waals surface area contributed by atoms with Crippen molar-refractivity contribution >= 4 is 12.1 Å². The lowest BCUT2D eigenvalue weighted by Crippen LogP contribution is -2.36. The maximum atomic E-state index is 10.3. The van der Waals surface area contributed by atoms with E-state index in [0.29, 0.717) is 6.67 Å². The number of nitrogens with one attached hydrogen (secondary N) is 1. The van der Waals surface area contributed by atoms with E-state index in [1.807, 2.05) is 13.0 Å². The first kappa shape index (κ1) is 8.93. The van der Waals surface area contributed by atoms with Gasteiger partial charge in [-0.1, -0.05) is 0 Å². The van der Waals surface area contributed by atoms with Crippen LogP contribution in [-0.2, 0) is 4.79 Å². The van der Waals surface area contributed by atoms with E-state index in [4.69, 9.17) is 0 Å². The Morgan fingerprint density at radius 1 is 1.75 bits per heavy atom. The summed E-state index contributed by atoms with van der Waals surface area (Å²) in [4.78, 5) is 16.0. The molecule has 0 spiro atoms. The molecule has 12 heavy (non-hydrogen) atoms. The molecule has 0 radical (unpaired) electrons. The molecule has 0 aromatic rings. The van der Waals surface area contributed by atoms with E-state index in [2.05, 4.69) is 10.3 Å². The van der Waals surface area contributed by atoms with Gasteiger partial charge in [-0.05, 0) is 13.0 Å². The quantitative estimate of drug-likeness (QED) is 0.446. The van der Waals surface area contributed by atoms with Gasteiger partial charge in [0.15, 0.2) is 0 Å². The normalized spacial score (nSPS) is 13.6. The Morgan fingerprint density at radius 2 is 2.50 bits per heavy atom. The minimum absolute atomic E-state index is 0.590. The Morgan fingerprint density at radius 3 is 2.92 bits per heavy atom. The van der Waals surface area contributed by atoms with Crippen molar-refractivity contribution in [1.82, 2.24) is 10.2 Å². The molecule has 4 nitrogen and oxygen atoms in total. The molecule has 0 atom stereocenters. The molecule has 0 fully saturated rings. The van der Waals surface area contributed by atoms with Crippen LogP contribution in [0.15, 0.2) is 17.3 Å². The minimum Gasteiger partial charge on any atom is -0.333 e. The number of amides is 1. The first-order valence-corrected chi connectivity index (χ1v) is 4.00. The summed E-state index contributed by atoms with van der Waals surface area (Å²) in [6.07, 6.45) is 4.55. The van der Waals surface area contributed by atoms with Gasteiger partial charge < -0.3 is 4.90 Å². The molecule has 1 aliphatic rings. The molecule has 1 rings (SSSR count). The highest BCUT2D eigenvalue weighted by atomic mass is 16.1. The fourth-order valence-corrected chi connectivity index (χ4v) is 0.836. The lowest BCUT2D eigenvalue weighted by Gasteiger charge is -2.15. The number of aliphatic imine (C=N–C) groups is 1. The van der Waals surface area contributed by atoms with Gasteiger partial charge in [-0.2, -0.15) is 0 Å². The molecule has 4 heteroatoms. The van der Waals surface area contributed by atoms with Gasteiger partial charge in [0.05, 0.1) is 12.4 Å². The first-order valence-electron chi connectivity index (χ1n) is 4.00. The molecule has 1 aliphatic heterocycles. The Hall–Kier alpha value is -1.16. The van der Waals surface area contributed by atoms with Crippen molar-refractivity contribution in [1.29, 1.82) is 0 Å². The van der Waals surface area contributed by atoms with Crippen molar-refractivity contribution in [3.8, 4) is 0 Å². The second-order valence-electron chi connectivity index (χ2n) is 2.53. The summed E-state index contributed by atoms with van der Waals surface area (Å²) < 4.78 is 0. The van der Waals surface area contributed by atoms with Gasteiger partial charge in [0, 0.05) is 19.3 Å². The van der Waals surface area contributed by atoms with Crippen LogP contribution in [0.3, 0.4) is 0 Å². The maximum absolute atomic E-state index is 10.3. The second kappa shape index (κ2) is 4.66. The van der Waals surface area contributed by atoms with E-state index in [0.717, 1.165) is 25.2 Å². The molecule has 0 aromatic carbocycles. The van der Waals surface area contributed by atoms with Crippen molar-refractivity contribution in [3.05, 3.63) is 12.3 Å². The summed E-state index contributed by atoms with van der Waals surface area (Å²) in [5.41, 5.74) is 1.04. The molecule has 1 N–H and O–H groups in total. The molecule has 1 amide bonds. The van der Waals surface area contributed by atoms with Gasteiger partial charge >= 0.3 is 0 Å². The summed E-state index contributed by atoms with van der Waals surface area (Å²) in [7, 11) is 0. The number of hydrogen-bond acceptors (Lipinski definition) is 3. The van der Waals surface area contributed by atoms with Crippen LogP contribution < -0.4 is 5.32 Å². The van der Waals surface area contributed by atoms with E-state index in [-0.39, 0.29) is 0 Å². The van der Waals surface area contributed by atoms with Crippen LogP contribution in [0.5, 0.6) is 0 Å². The zero-order valence-corrected chi connectivity index (χ0v) is 7.16. The summed E-state index contributed by atoms with van der Waals surface area (Å²) in [5.74, 6) is 0. The van der Waals surface area contributed by atoms with Crippen molar-refractivity contribution in [2.75, 3.05) is 19.8 Å². The minimum atomic E-state index is 0.590. The van der Waals surface area contributed by atoms with Gasteiger partial charge in [-0.15, -0.1) is 0 Å². The summed E-state index contributed by atoms with van der Waals surface area (Å²) in [6.45, 7) is 4.00. The third kappa shape index (κ3) is 2.47. The largest absolute Gasteiger partial charge is 0.333 e.